The normalized spacial score (nSPS) is 23.9. The van der Waals surface area contributed by atoms with Crippen LogP contribution in [-0.2, 0) is 14.3 Å². The van der Waals surface area contributed by atoms with Gasteiger partial charge in [-0.25, -0.2) is 0 Å². The van der Waals surface area contributed by atoms with Gasteiger partial charge in [0.2, 0.25) is 5.91 Å². The molecule has 0 aliphatic carbocycles. The number of nitrogens with zero attached hydrogens (tertiary/aromatic N) is 1. The Morgan fingerprint density at radius 2 is 2.11 bits per heavy atom. The standard InChI is InChI=1S/C14H26N2O3/c1-4-5-8-15-14(18)12-7-6-11(2)16(9-12)10-13(17)19-3/h11-12H,4-10H2,1-3H3,(H,15,18)/t11-,12+/m1/s1. The third kappa shape index (κ3) is 5.19. The van der Waals surface area contributed by atoms with Crippen molar-refractivity contribution in [2.45, 2.75) is 45.6 Å². The molecular formula is C14H26N2O3. The average molecular weight is 270 g/mol. The van der Waals surface area contributed by atoms with Crippen LogP contribution in [0.3, 0.4) is 0 Å². The maximum atomic E-state index is 12.0. The fraction of sp³-hybridized carbons (Fsp3) is 0.857. The SMILES string of the molecule is CCCCNC(=O)[C@H]1CC[C@@H](C)N(CC(=O)OC)C1. The average Bonchev–Trinajstić information content (AvgIpc) is 2.41. The van der Waals surface area contributed by atoms with Crippen molar-refractivity contribution in [1.29, 1.82) is 0 Å². The summed E-state index contributed by atoms with van der Waals surface area (Å²) in [6.45, 7) is 5.86. The smallest absolute Gasteiger partial charge is 0.319 e. The number of hydrogen-bond acceptors (Lipinski definition) is 4. The summed E-state index contributed by atoms with van der Waals surface area (Å²) in [6.07, 6.45) is 3.94. The number of unbranched alkanes of at least 4 members (excludes halogenated alkanes) is 1. The van der Waals surface area contributed by atoms with E-state index in [1.54, 1.807) is 0 Å². The lowest BCUT2D eigenvalue weighted by Gasteiger charge is -2.36. The number of amides is 1. The molecule has 0 aromatic carbocycles. The third-order valence-corrected chi connectivity index (χ3v) is 3.77. The predicted octanol–water partition coefficient (Wildman–Crippen LogP) is 1.18. The molecule has 0 bridgehead atoms. The Morgan fingerprint density at radius 1 is 1.37 bits per heavy atom. The summed E-state index contributed by atoms with van der Waals surface area (Å²) in [6, 6.07) is 0.332. The van der Waals surface area contributed by atoms with E-state index in [2.05, 4.69) is 19.2 Å². The summed E-state index contributed by atoms with van der Waals surface area (Å²) in [5.74, 6) is -0.119. The fourth-order valence-electron chi connectivity index (χ4n) is 2.38. The van der Waals surface area contributed by atoms with Crippen molar-refractivity contribution in [1.82, 2.24) is 10.2 Å². The minimum absolute atomic E-state index is 0.00212. The van der Waals surface area contributed by atoms with Gasteiger partial charge in [-0.1, -0.05) is 13.3 Å². The summed E-state index contributed by atoms with van der Waals surface area (Å²) in [5, 5.41) is 2.97. The largest absolute Gasteiger partial charge is 0.468 e. The van der Waals surface area contributed by atoms with Crippen LogP contribution in [0.5, 0.6) is 0 Å². The molecular weight excluding hydrogens is 244 g/mol. The van der Waals surface area contributed by atoms with E-state index >= 15 is 0 Å². The van der Waals surface area contributed by atoms with Crippen LogP contribution in [-0.4, -0.2) is 49.6 Å². The summed E-state index contributed by atoms with van der Waals surface area (Å²) in [5.41, 5.74) is 0. The highest BCUT2D eigenvalue weighted by Crippen LogP contribution is 2.21. The van der Waals surface area contributed by atoms with Crippen molar-refractivity contribution >= 4 is 11.9 Å². The molecule has 0 aromatic rings. The van der Waals surface area contributed by atoms with Crippen molar-refractivity contribution < 1.29 is 14.3 Å². The number of carbonyl (C=O) groups is 2. The highest BCUT2D eigenvalue weighted by molar-refractivity contribution is 5.79. The summed E-state index contributed by atoms with van der Waals surface area (Å²) in [4.78, 5) is 25.4. The zero-order valence-electron chi connectivity index (χ0n) is 12.3. The van der Waals surface area contributed by atoms with E-state index in [0.29, 0.717) is 12.6 Å². The maximum absolute atomic E-state index is 12.0. The summed E-state index contributed by atoms with van der Waals surface area (Å²) >= 11 is 0. The molecule has 1 aliphatic heterocycles. The van der Waals surface area contributed by atoms with Gasteiger partial charge < -0.3 is 10.1 Å². The number of rotatable bonds is 6. The van der Waals surface area contributed by atoms with Crippen molar-refractivity contribution in [3.63, 3.8) is 0 Å². The molecule has 1 rings (SSSR count). The van der Waals surface area contributed by atoms with Crippen LogP contribution >= 0.6 is 0 Å². The van der Waals surface area contributed by atoms with Crippen LogP contribution in [0, 0.1) is 5.92 Å². The van der Waals surface area contributed by atoms with Gasteiger partial charge in [-0.05, 0) is 26.2 Å². The minimum Gasteiger partial charge on any atom is -0.468 e. The Morgan fingerprint density at radius 3 is 2.74 bits per heavy atom. The lowest BCUT2D eigenvalue weighted by atomic mass is 9.92. The lowest BCUT2D eigenvalue weighted by Crippen LogP contribution is -2.48. The Kier molecular flexibility index (Phi) is 6.84. The number of ether oxygens (including phenoxy) is 1. The number of likely N-dealkylation sites (tertiary alicyclic amines) is 1. The highest BCUT2D eigenvalue weighted by Gasteiger charge is 2.30. The number of esters is 1. The molecule has 1 amide bonds. The predicted molar refractivity (Wildman–Crippen MR) is 73.7 cm³/mol. The topological polar surface area (TPSA) is 58.6 Å². The highest BCUT2D eigenvalue weighted by atomic mass is 16.5. The zero-order chi connectivity index (χ0) is 14.3. The van der Waals surface area contributed by atoms with Crippen molar-refractivity contribution in [2.75, 3.05) is 26.7 Å². The number of carbonyl (C=O) groups excluding carboxylic acids is 2. The van der Waals surface area contributed by atoms with Crippen molar-refractivity contribution in [3.05, 3.63) is 0 Å². The van der Waals surface area contributed by atoms with Gasteiger partial charge in [0.15, 0.2) is 0 Å². The fourth-order valence-corrected chi connectivity index (χ4v) is 2.38. The van der Waals surface area contributed by atoms with Crippen LogP contribution in [0.25, 0.3) is 0 Å². The second kappa shape index (κ2) is 8.15. The molecule has 110 valence electrons. The lowest BCUT2D eigenvalue weighted by molar-refractivity contribution is -0.144. The quantitative estimate of drug-likeness (QED) is 0.581. The monoisotopic (exact) mass is 270 g/mol. The van der Waals surface area contributed by atoms with Gasteiger partial charge in [-0.15, -0.1) is 0 Å². The van der Waals surface area contributed by atoms with Crippen LogP contribution in [0.15, 0.2) is 0 Å². The van der Waals surface area contributed by atoms with Gasteiger partial charge in [-0.2, -0.15) is 0 Å². The first kappa shape index (κ1) is 16.0. The molecule has 0 radical (unpaired) electrons. The van der Waals surface area contributed by atoms with Gasteiger partial charge in [0, 0.05) is 19.1 Å². The molecule has 1 aliphatic rings. The summed E-state index contributed by atoms with van der Waals surface area (Å²) in [7, 11) is 1.39. The molecule has 5 heteroatoms. The van der Waals surface area contributed by atoms with Crippen LogP contribution in [0.4, 0.5) is 0 Å². The molecule has 1 fully saturated rings. The maximum Gasteiger partial charge on any atom is 0.319 e. The molecule has 0 saturated carbocycles. The molecule has 2 atom stereocenters. The molecule has 5 nitrogen and oxygen atoms in total. The number of methoxy groups -OCH3 is 1. The van der Waals surface area contributed by atoms with Crippen molar-refractivity contribution in [3.8, 4) is 0 Å². The van der Waals surface area contributed by atoms with Gasteiger partial charge in [0.1, 0.15) is 0 Å². The van der Waals surface area contributed by atoms with Gasteiger partial charge in [-0.3, -0.25) is 14.5 Å². The second-order valence-corrected chi connectivity index (χ2v) is 5.27. The van der Waals surface area contributed by atoms with Gasteiger partial charge >= 0.3 is 5.97 Å². The number of hydrogen-bond donors (Lipinski definition) is 1. The first-order chi connectivity index (χ1) is 9.08. The Balaban J connectivity index is 2.44. The minimum atomic E-state index is -0.237. The Labute approximate surface area is 115 Å². The molecule has 19 heavy (non-hydrogen) atoms. The number of nitrogens with one attached hydrogen (secondary N) is 1. The Bertz CT molecular complexity index is 307. The molecule has 1 saturated heterocycles. The van der Waals surface area contributed by atoms with E-state index < -0.39 is 0 Å². The van der Waals surface area contributed by atoms with Gasteiger partial charge in [0.05, 0.1) is 19.6 Å². The van der Waals surface area contributed by atoms with E-state index in [1.807, 2.05) is 4.90 Å². The van der Waals surface area contributed by atoms with Crippen LogP contribution in [0.2, 0.25) is 0 Å². The Hall–Kier alpha value is -1.10. The van der Waals surface area contributed by atoms with E-state index in [1.165, 1.54) is 7.11 Å². The zero-order valence-corrected chi connectivity index (χ0v) is 12.3. The molecule has 0 spiro atoms. The molecule has 1 heterocycles. The molecule has 0 unspecified atom stereocenters. The molecule has 1 N–H and O–H groups in total. The van der Waals surface area contributed by atoms with E-state index in [4.69, 9.17) is 4.74 Å². The van der Waals surface area contributed by atoms with Crippen molar-refractivity contribution in [2.24, 2.45) is 5.92 Å². The van der Waals surface area contributed by atoms with Gasteiger partial charge in [0.25, 0.3) is 0 Å². The first-order valence-electron chi connectivity index (χ1n) is 7.17. The van der Waals surface area contributed by atoms with E-state index in [-0.39, 0.29) is 24.3 Å². The molecule has 0 aromatic heterocycles. The van der Waals surface area contributed by atoms with Crippen LogP contribution < -0.4 is 5.32 Å². The number of piperidine rings is 1. The first-order valence-corrected chi connectivity index (χ1v) is 7.17. The third-order valence-electron chi connectivity index (χ3n) is 3.77. The van der Waals surface area contributed by atoms with Crippen LogP contribution in [0.1, 0.15) is 39.5 Å². The second-order valence-electron chi connectivity index (χ2n) is 5.27. The van der Waals surface area contributed by atoms with E-state index in [0.717, 1.165) is 32.2 Å². The van der Waals surface area contributed by atoms with E-state index in [9.17, 15) is 9.59 Å². The summed E-state index contributed by atoms with van der Waals surface area (Å²) < 4.78 is 4.70.